The molecule has 22 heteroatoms. The Morgan fingerprint density at radius 2 is 0.722 bits per heavy atom. The average Bonchev–Trinajstić information content (AvgIpc) is 1.61. The highest BCUT2D eigenvalue weighted by molar-refractivity contribution is 6.09. The van der Waals surface area contributed by atoms with E-state index in [9.17, 15) is 14.4 Å². The Balaban J connectivity index is 0.000000124. The number of tetrazole rings is 1. The zero-order valence-corrected chi connectivity index (χ0v) is 60.5. The highest BCUT2D eigenvalue weighted by Gasteiger charge is 2.51. The standard InChI is InChI=1S/C29H28N6O2.C29H27N5O2.C28H25N5O2/c1-19-4-3-5-23(16-19)24-10-11-25(27-31-33-34-32-27)26(17-24)22-8-6-21(7-9-22)18-35-20(2)30-29(28(35)36)12-14-37-15-13-29;1-20-31-29(13-15-36-16-14-29)28(35)34(20)19-21-7-9-23(10-8-21)26-17-24(22-5-3-2-4-6-22)11-12-25(26)27-18-30-33-32-27;1-19-30-28(13-14-35-18-28)27(34)33(19)17-20-7-9-22(10-8-20)25-15-23(21-5-3-2-4-6-21)11-12-24(25)26-16-29-32-31-26/h3-11,16-17H,12-15,18H2,1-2H3,(H,31,32,33,34);2-12,17-18H,13-16,19H2,1H3,(H,30,32,33);2-12,15-16H,13-14,17-18H2,1H3,(H,29,31,32). The molecule has 0 aliphatic carbocycles. The number of amidine groups is 3. The number of hydrogen-bond donors (Lipinski definition) is 3. The van der Waals surface area contributed by atoms with Crippen LogP contribution in [-0.4, -0.2) is 158 Å². The normalized spacial score (nSPS) is 17.8. The molecule has 12 aromatic rings. The van der Waals surface area contributed by atoms with Crippen LogP contribution in [0.4, 0.5) is 0 Å². The number of aromatic nitrogens is 10. The minimum atomic E-state index is -0.714. The van der Waals surface area contributed by atoms with Gasteiger partial charge in [-0.3, -0.25) is 44.1 Å². The fourth-order valence-corrected chi connectivity index (χ4v) is 15.4. The van der Waals surface area contributed by atoms with Crippen LogP contribution in [0.3, 0.4) is 0 Å². The van der Waals surface area contributed by atoms with E-state index in [2.05, 4.69) is 233 Å². The molecule has 108 heavy (non-hydrogen) atoms. The van der Waals surface area contributed by atoms with Crippen LogP contribution in [0, 0.1) is 6.92 Å². The van der Waals surface area contributed by atoms with E-state index in [-0.39, 0.29) is 17.7 Å². The van der Waals surface area contributed by atoms with Gasteiger partial charge in [-0.1, -0.05) is 194 Å². The van der Waals surface area contributed by atoms with E-state index in [0.717, 1.165) is 129 Å². The minimum absolute atomic E-state index is 0.0421. The first kappa shape index (κ1) is 70.0. The summed E-state index contributed by atoms with van der Waals surface area (Å²) in [6, 6.07) is 73.3. The Kier molecular flexibility index (Phi) is 19.6. The van der Waals surface area contributed by atoms with Crippen LogP contribution in [0.2, 0.25) is 0 Å². The van der Waals surface area contributed by atoms with Crippen molar-refractivity contribution in [3.05, 3.63) is 247 Å². The van der Waals surface area contributed by atoms with E-state index in [1.54, 1.807) is 17.3 Å². The van der Waals surface area contributed by atoms with E-state index in [1.165, 1.54) is 5.56 Å². The molecule has 6 aliphatic heterocycles. The second kappa shape index (κ2) is 30.2. The van der Waals surface area contributed by atoms with Crippen LogP contribution >= 0.6 is 0 Å². The molecule has 0 saturated carbocycles. The summed E-state index contributed by atoms with van der Waals surface area (Å²) < 4.78 is 16.4. The Hall–Kier alpha value is -12.4. The van der Waals surface area contributed by atoms with Gasteiger partial charge in [0.1, 0.15) is 40.0 Å². The molecule has 540 valence electrons. The van der Waals surface area contributed by atoms with Crippen molar-refractivity contribution in [3.8, 4) is 101 Å². The summed E-state index contributed by atoms with van der Waals surface area (Å²) in [7, 11) is 0. The first-order chi connectivity index (χ1) is 52.8. The van der Waals surface area contributed by atoms with Crippen LogP contribution in [-0.2, 0) is 48.2 Å². The summed E-state index contributed by atoms with van der Waals surface area (Å²) in [6.07, 6.45) is 6.73. The van der Waals surface area contributed by atoms with Crippen LogP contribution in [0.5, 0.6) is 0 Å². The van der Waals surface area contributed by atoms with Gasteiger partial charge in [-0.25, -0.2) is 0 Å². The van der Waals surface area contributed by atoms with Gasteiger partial charge in [0.15, 0.2) is 5.54 Å². The third-order valence-corrected chi connectivity index (χ3v) is 21.3. The molecule has 3 fully saturated rings. The quantitative estimate of drug-likeness (QED) is 0.0863. The number of aliphatic imine (C=N–C) groups is 3. The zero-order chi connectivity index (χ0) is 73.8. The molecule has 0 radical (unpaired) electrons. The number of carbonyl (C=O) groups excluding carboxylic acids is 3. The third-order valence-electron chi connectivity index (χ3n) is 21.3. The number of aromatic amines is 3. The number of nitrogens with one attached hydrogen (secondary N) is 3. The van der Waals surface area contributed by atoms with E-state index < -0.39 is 16.6 Å². The molecule has 9 aromatic carbocycles. The largest absolute Gasteiger partial charge is 0.381 e. The molecule has 18 rings (SSSR count). The third kappa shape index (κ3) is 14.2. The number of amides is 3. The maximum absolute atomic E-state index is 13.3. The van der Waals surface area contributed by atoms with Crippen LogP contribution in [0.1, 0.15) is 75.1 Å². The van der Waals surface area contributed by atoms with Crippen molar-refractivity contribution in [1.29, 1.82) is 0 Å². The Labute approximate surface area is 625 Å². The van der Waals surface area contributed by atoms with E-state index >= 15 is 0 Å². The highest BCUT2D eigenvalue weighted by atomic mass is 16.5. The lowest BCUT2D eigenvalue weighted by molar-refractivity contribution is -0.135. The van der Waals surface area contributed by atoms with E-state index in [0.29, 0.717) is 97.2 Å². The summed E-state index contributed by atoms with van der Waals surface area (Å²) in [5.74, 6) is 3.09. The van der Waals surface area contributed by atoms with Gasteiger partial charge in [0, 0.05) is 81.8 Å². The lowest BCUT2D eigenvalue weighted by Crippen LogP contribution is -2.45. The number of nitrogens with zero attached hydrogens (tertiary/aromatic N) is 13. The Morgan fingerprint density at radius 1 is 0.352 bits per heavy atom. The SMILES string of the molecule is CC1=NC2(CCOC2)C(=O)N1Cc1ccc(-c2cc(-c3ccccc3)ccc2-c2cn[nH]n2)cc1.CC1=NC2(CCOCC2)C(=O)N1Cc1ccc(-c2cc(-c3cccc(C)c3)ccc2-c2nn[nH]n2)cc1.CC1=NC2(CCOCC2)C(=O)N1Cc1ccc(-c2cc(-c3ccccc3)ccc2-c2cn[nH]n2)cc1. The molecule has 3 aromatic heterocycles. The lowest BCUT2D eigenvalue weighted by atomic mass is 9.90. The Bertz CT molecular complexity index is 5320. The molecule has 3 spiro atoms. The highest BCUT2D eigenvalue weighted by Crippen LogP contribution is 2.42. The molecule has 6 aliphatic rings. The maximum Gasteiger partial charge on any atom is 0.258 e. The monoisotopic (exact) mass is 1430 g/mol. The van der Waals surface area contributed by atoms with Crippen molar-refractivity contribution in [3.63, 3.8) is 0 Å². The van der Waals surface area contributed by atoms with Gasteiger partial charge in [-0.2, -0.15) is 36.0 Å². The molecule has 1 atom stereocenters. The minimum Gasteiger partial charge on any atom is -0.381 e. The number of hydrogen-bond acceptors (Lipinski definition) is 16. The molecule has 22 nitrogen and oxygen atoms in total. The topological polar surface area (TPSA) is 263 Å². The predicted molar refractivity (Wildman–Crippen MR) is 415 cm³/mol. The molecule has 1 unspecified atom stereocenters. The van der Waals surface area contributed by atoms with Gasteiger partial charge in [0.25, 0.3) is 17.7 Å². The van der Waals surface area contributed by atoms with Crippen molar-refractivity contribution in [2.24, 2.45) is 15.0 Å². The van der Waals surface area contributed by atoms with Gasteiger partial charge in [0.05, 0.1) is 38.6 Å². The number of carbonyl (C=O) groups is 3. The predicted octanol–water partition coefficient (Wildman–Crippen LogP) is 14.7. The molecule has 3 amide bonds. The van der Waals surface area contributed by atoms with Crippen LogP contribution in [0.25, 0.3) is 101 Å². The van der Waals surface area contributed by atoms with Crippen molar-refractivity contribution >= 4 is 35.2 Å². The summed E-state index contributed by atoms with van der Waals surface area (Å²) in [4.78, 5) is 59.3. The zero-order valence-electron chi connectivity index (χ0n) is 60.5. The summed E-state index contributed by atoms with van der Waals surface area (Å²) in [5, 5.41) is 36.8. The van der Waals surface area contributed by atoms with Crippen LogP contribution < -0.4 is 0 Å². The molecule has 3 N–H and O–H groups in total. The first-order valence-electron chi connectivity index (χ1n) is 36.5. The van der Waals surface area contributed by atoms with E-state index in [1.807, 2.05) is 73.0 Å². The van der Waals surface area contributed by atoms with Gasteiger partial charge in [-0.15, -0.1) is 10.2 Å². The number of H-pyrrole nitrogens is 3. The first-order valence-corrected chi connectivity index (χ1v) is 36.5. The maximum atomic E-state index is 13.3. The number of rotatable bonds is 15. The van der Waals surface area contributed by atoms with Crippen molar-refractivity contribution in [1.82, 2.24) is 66.1 Å². The van der Waals surface area contributed by atoms with Gasteiger partial charge in [0.2, 0.25) is 5.82 Å². The summed E-state index contributed by atoms with van der Waals surface area (Å²) >= 11 is 0. The molecule has 3 saturated heterocycles. The average molecular weight is 1430 g/mol. The Morgan fingerprint density at radius 3 is 1.12 bits per heavy atom. The molecule has 9 heterocycles. The number of ether oxygens (including phenoxy) is 3. The van der Waals surface area contributed by atoms with Crippen molar-refractivity contribution in [2.45, 2.75) is 96.1 Å². The second-order valence-corrected chi connectivity index (χ2v) is 28.2. The molecule has 0 bridgehead atoms. The summed E-state index contributed by atoms with van der Waals surface area (Å²) in [6.45, 7) is 12.6. The number of aryl methyl sites for hydroxylation is 1. The van der Waals surface area contributed by atoms with Crippen molar-refractivity contribution < 1.29 is 28.6 Å². The molecular formula is C86H80N16O6. The molecular weight excluding hydrogens is 1350 g/mol. The second-order valence-electron chi connectivity index (χ2n) is 28.2. The van der Waals surface area contributed by atoms with Gasteiger partial charge < -0.3 is 14.2 Å². The van der Waals surface area contributed by atoms with Crippen LogP contribution in [0.15, 0.2) is 240 Å². The lowest BCUT2D eigenvalue weighted by Gasteiger charge is -2.29. The van der Waals surface area contributed by atoms with Gasteiger partial charge in [-0.05, 0) is 141 Å². The fraction of sp³-hybridized carbons (Fsp3) is 0.244. The van der Waals surface area contributed by atoms with E-state index in [4.69, 9.17) is 24.2 Å². The van der Waals surface area contributed by atoms with Crippen molar-refractivity contribution in [2.75, 3.05) is 39.6 Å². The summed E-state index contributed by atoms with van der Waals surface area (Å²) in [5.41, 5.74) is 20.1. The smallest absolute Gasteiger partial charge is 0.258 e. The number of benzene rings is 9. The fourth-order valence-electron chi connectivity index (χ4n) is 15.4. The van der Waals surface area contributed by atoms with Gasteiger partial charge >= 0.3 is 0 Å².